The first-order valence-corrected chi connectivity index (χ1v) is 10.9. The smallest absolute Gasteiger partial charge is 0.321 e. The number of urea groups is 1. The second-order valence-corrected chi connectivity index (χ2v) is 7.57. The number of carbonyl (C=O) groups excluding carboxylic acids is 2. The molecule has 0 spiro atoms. The maximum absolute atomic E-state index is 12.8. The second kappa shape index (κ2) is 11.2. The van der Waals surface area contributed by atoms with E-state index in [-0.39, 0.29) is 23.1 Å². The van der Waals surface area contributed by atoms with Gasteiger partial charge in [0.1, 0.15) is 5.56 Å². The van der Waals surface area contributed by atoms with Gasteiger partial charge in [0.15, 0.2) is 11.5 Å². The van der Waals surface area contributed by atoms with Crippen LogP contribution in [0.3, 0.4) is 0 Å². The van der Waals surface area contributed by atoms with Crippen molar-refractivity contribution < 1.29 is 24.0 Å². The number of likely N-dealkylation sites (tertiary alicyclic amines) is 1. The molecule has 1 aliphatic heterocycles. The normalized spacial score (nSPS) is 13.6. The molecule has 0 unspecified atom stereocenters. The van der Waals surface area contributed by atoms with Gasteiger partial charge < -0.3 is 25.0 Å². The largest absolute Gasteiger partial charge is 0.493 e. The molecule has 1 heterocycles. The number of methoxy groups -OCH3 is 1. The average Bonchev–Trinajstić information content (AvgIpc) is 3.10. The van der Waals surface area contributed by atoms with Crippen LogP contribution in [0.5, 0.6) is 11.5 Å². The maximum atomic E-state index is 12.8. The highest BCUT2D eigenvalue weighted by Crippen LogP contribution is 2.35. The molecule has 0 atom stereocenters. The minimum Gasteiger partial charge on any atom is -0.493 e. The number of nitrogens with zero attached hydrogens (tertiary/aromatic N) is 2. The van der Waals surface area contributed by atoms with Gasteiger partial charge in [-0.15, -0.1) is 0 Å². The number of ether oxygens (including phenoxy) is 2. The minimum atomic E-state index is -0.661. The van der Waals surface area contributed by atoms with Crippen LogP contribution in [0.2, 0.25) is 0 Å². The van der Waals surface area contributed by atoms with E-state index in [0.717, 1.165) is 38.8 Å². The van der Waals surface area contributed by atoms with E-state index in [4.69, 9.17) is 9.47 Å². The fourth-order valence-electron chi connectivity index (χ4n) is 3.62. The van der Waals surface area contributed by atoms with Crippen LogP contribution in [0.25, 0.3) is 0 Å². The summed E-state index contributed by atoms with van der Waals surface area (Å²) in [5, 5.41) is 17.0. The molecule has 1 saturated heterocycles. The molecule has 0 bridgehead atoms. The Labute approximate surface area is 192 Å². The van der Waals surface area contributed by atoms with Crippen LogP contribution < -0.4 is 20.1 Å². The predicted molar refractivity (Wildman–Crippen MR) is 124 cm³/mol. The molecule has 33 heavy (non-hydrogen) atoms. The first-order valence-electron chi connectivity index (χ1n) is 10.9. The molecule has 0 aromatic heterocycles. The molecule has 10 nitrogen and oxygen atoms in total. The number of nitrogens with one attached hydrogen (secondary N) is 2. The Bertz CT molecular complexity index is 1000. The number of nitro groups is 1. The average molecular weight is 456 g/mol. The third kappa shape index (κ3) is 6.12. The lowest BCUT2D eigenvalue weighted by atomic mass is 10.1. The lowest BCUT2D eigenvalue weighted by molar-refractivity contribution is -0.385. The number of amides is 3. The van der Waals surface area contributed by atoms with Crippen LogP contribution in [-0.4, -0.2) is 48.6 Å². The van der Waals surface area contributed by atoms with Crippen molar-refractivity contribution in [3.8, 4) is 11.5 Å². The van der Waals surface area contributed by atoms with Crippen molar-refractivity contribution in [2.75, 3.05) is 37.4 Å². The molecule has 2 aromatic rings. The molecule has 2 aromatic carbocycles. The zero-order valence-electron chi connectivity index (χ0n) is 18.8. The van der Waals surface area contributed by atoms with Gasteiger partial charge in [0.25, 0.3) is 11.6 Å². The molecular formula is C23H28N4O6. The third-order valence-corrected chi connectivity index (χ3v) is 5.31. The van der Waals surface area contributed by atoms with E-state index < -0.39 is 16.5 Å². The zero-order valence-corrected chi connectivity index (χ0v) is 18.8. The topological polar surface area (TPSA) is 123 Å². The molecule has 1 aliphatic rings. The van der Waals surface area contributed by atoms with E-state index in [2.05, 4.69) is 10.6 Å². The monoisotopic (exact) mass is 456 g/mol. The molecule has 3 amide bonds. The van der Waals surface area contributed by atoms with Gasteiger partial charge >= 0.3 is 6.03 Å². The van der Waals surface area contributed by atoms with E-state index >= 15 is 0 Å². The molecule has 0 saturated carbocycles. The van der Waals surface area contributed by atoms with Crippen molar-refractivity contribution in [1.82, 2.24) is 4.90 Å². The van der Waals surface area contributed by atoms with Gasteiger partial charge in [-0.2, -0.15) is 0 Å². The number of hydrogen-bond donors (Lipinski definition) is 2. The molecule has 0 radical (unpaired) electrons. The van der Waals surface area contributed by atoms with Crippen molar-refractivity contribution in [1.29, 1.82) is 0 Å². The summed E-state index contributed by atoms with van der Waals surface area (Å²) in [6, 6.07) is 8.89. The quantitative estimate of drug-likeness (QED) is 0.461. The Kier molecular flexibility index (Phi) is 8.06. The third-order valence-electron chi connectivity index (χ3n) is 5.31. The van der Waals surface area contributed by atoms with Crippen LogP contribution >= 0.6 is 0 Å². The highest BCUT2D eigenvalue weighted by Gasteiger charge is 2.25. The van der Waals surface area contributed by atoms with Gasteiger partial charge in [-0.05, 0) is 44.0 Å². The molecule has 3 rings (SSSR count). The SMILES string of the molecule is CCOc1cc(C(=O)Nc2ccc(NC(=O)N3CCCCCC3)cc2)c([N+](=O)[O-])cc1OC. The van der Waals surface area contributed by atoms with Gasteiger partial charge in [0, 0.05) is 30.5 Å². The summed E-state index contributed by atoms with van der Waals surface area (Å²) in [6.07, 6.45) is 4.27. The Balaban J connectivity index is 1.72. The summed E-state index contributed by atoms with van der Waals surface area (Å²) in [5.41, 5.74) is 0.476. The van der Waals surface area contributed by atoms with Crippen LogP contribution in [0.4, 0.5) is 21.9 Å². The Morgan fingerprint density at radius 1 is 1.00 bits per heavy atom. The summed E-state index contributed by atoms with van der Waals surface area (Å²) in [6.45, 7) is 3.54. The molecule has 2 N–H and O–H groups in total. The van der Waals surface area contributed by atoms with Crippen molar-refractivity contribution in [2.45, 2.75) is 32.6 Å². The van der Waals surface area contributed by atoms with Crippen molar-refractivity contribution in [2.24, 2.45) is 0 Å². The van der Waals surface area contributed by atoms with Gasteiger partial charge in [-0.25, -0.2) is 4.79 Å². The Morgan fingerprint density at radius 2 is 1.61 bits per heavy atom. The van der Waals surface area contributed by atoms with Crippen LogP contribution in [-0.2, 0) is 0 Å². The number of nitro benzene ring substituents is 1. The van der Waals surface area contributed by atoms with E-state index in [1.807, 2.05) is 0 Å². The first-order chi connectivity index (χ1) is 15.9. The number of carbonyl (C=O) groups is 2. The van der Waals surface area contributed by atoms with E-state index in [1.54, 1.807) is 36.1 Å². The van der Waals surface area contributed by atoms with Crippen LogP contribution in [0, 0.1) is 10.1 Å². The number of rotatable bonds is 7. The standard InChI is InChI=1S/C23H28N4O6/c1-3-33-21-14-18(19(27(30)31)15-20(21)32-2)22(28)24-16-8-10-17(11-9-16)25-23(29)26-12-6-4-5-7-13-26/h8-11,14-15H,3-7,12-13H2,1-2H3,(H,24,28)(H,25,29). The molecule has 10 heteroatoms. The second-order valence-electron chi connectivity index (χ2n) is 7.57. The number of benzene rings is 2. The summed E-state index contributed by atoms with van der Waals surface area (Å²) in [4.78, 5) is 37.9. The molecule has 1 fully saturated rings. The van der Waals surface area contributed by atoms with Crippen molar-refractivity contribution in [3.63, 3.8) is 0 Å². The van der Waals surface area contributed by atoms with Gasteiger partial charge in [0.2, 0.25) is 0 Å². The minimum absolute atomic E-state index is 0.147. The molecule has 176 valence electrons. The van der Waals surface area contributed by atoms with Crippen LogP contribution in [0.15, 0.2) is 36.4 Å². The van der Waals surface area contributed by atoms with Gasteiger partial charge in [-0.3, -0.25) is 14.9 Å². The van der Waals surface area contributed by atoms with Crippen molar-refractivity contribution >= 4 is 29.0 Å². The molecule has 0 aliphatic carbocycles. The highest BCUT2D eigenvalue weighted by molar-refractivity contribution is 6.07. The lowest BCUT2D eigenvalue weighted by Gasteiger charge is -2.20. The Morgan fingerprint density at radius 3 is 2.15 bits per heavy atom. The van der Waals surface area contributed by atoms with E-state index in [1.165, 1.54) is 19.2 Å². The molecular weight excluding hydrogens is 428 g/mol. The summed E-state index contributed by atoms with van der Waals surface area (Å²) >= 11 is 0. The zero-order chi connectivity index (χ0) is 23.8. The summed E-state index contributed by atoms with van der Waals surface area (Å²) < 4.78 is 10.6. The van der Waals surface area contributed by atoms with Gasteiger partial charge in [0.05, 0.1) is 24.7 Å². The highest BCUT2D eigenvalue weighted by atomic mass is 16.6. The van der Waals surface area contributed by atoms with E-state index in [0.29, 0.717) is 18.0 Å². The Hall–Kier alpha value is -3.82. The predicted octanol–water partition coefficient (Wildman–Crippen LogP) is 4.66. The lowest BCUT2D eigenvalue weighted by Crippen LogP contribution is -2.35. The summed E-state index contributed by atoms with van der Waals surface area (Å²) in [7, 11) is 1.37. The van der Waals surface area contributed by atoms with E-state index in [9.17, 15) is 19.7 Å². The van der Waals surface area contributed by atoms with Crippen LogP contribution in [0.1, 0.15) is 43.0 Å². The number of hydrogen-bond acceptors (Lipinski definition) is 6. The van der Waals surface area contributed by atoms with Crippen molar-refractivity contribution in [3.05, 3.63) is 52.1 Å². The number of anilines is 2. The maximum Gasteiger partial charge on any atom is 0.321 e. The first kappa shape index (κ1) is 23.8. The summed E-state index contributed by atoms with van der Waals surface area (Å²) in [5.74, 6) is -0.251. The van der Waals surface area contributed by atoms with Gasteiger partial charge in [-0.1, -0.05) is 12.8 Å². The fraction of sp³-hybridized carbons (Fsp3) is 0.391. The fourth-order valence-corrected chi connectivity index (χ4v) is 3.62.